The van der Waals surface area contributed by atoms with Crippen molar-refractivity contribution in [2.24, 2.45) is 7.05 Å². The fraction of sp³-hybridized carbons (Fsp3) is 0.421. The molecule has 1 aromatic carbocycles. The number of nitrogens with one attached hydrogen (secondary N) is 2. The molecule has 0 aliphatic rings. The third kappa shape index (κ3) is 4.66. The molecule has 0 unspecified atom stereocenters. The van der Waals surface area contributed by atoms with Crippen LogP contribution in [0.15, 0.2) is 33.9 Å². The van der Waals surface area contributed by atoms with E-state index in [2.05, 4.69) is 15.3 Å². The highest BCUT2D eigenvalue weighted by atomic mass is 16.5. The molecule has 0 amide bonds. The largest absolute Gasteiger partial charge is 0.491 e. The molecule has 10 nitrogen and oxygen atoms in total. The van der Waals surface area contributed by atoms with E-state index < -0.39 is 23.5 Å². The van der Waals surface area contributed by atoms with Crippen molar-refractivity contribution < 1.29 is 14.9 Å². The van der Waals surface area contributed by atoms with Crippen LogP contribution in [-0.4, -0.2) is 54.7 Å². The number of rotatable bonds is 8. The summed E-state index contributed by atoms with van der Waals surface area (Å²) in [6, 6.07) is 7.43. The van der Waals surface area contributed by atoms with E-state index in [9.17, 15) is 19.8 Å². The molecule has 0 saturated carbocycles. The zero-order valence-corrected chi connectivity index (χ0v) is 16.5. The summed E-state index contributed by atoms with van der Waals surface area (Å²) in [7, 11) is 1.49. The van der Waals surface area contributed by atoms with Gasteiger partial charge in [0.2, 0.25) is 5.95 Å². The van der Waals surface area contributed by atoms with Crippen molar-refractivity contribution in [1.29, 1.82) is 0 Å². The van der Waals surface area contributed by atoms with E-state index >= 15 is 0 Å². The number of hydrogen-bond acceptors (Lipinski definition) is 7. The fourth-order valence-corrected chi connectivity index (χ4v) is 2.88. The van der Waals surface area contributed by atoms with Crippen molar-refractivity contribution in [3.8, 4) is 5.75 Å². The van der Waals surface area contributed by atoms with Crippen LogP contribution in [-0.2, 0) is 13.6 Å². The fourth-order valence-electron chi connectivity index (χ4n) is 2.88. The average Bonchev–Trinajstić information content (AvgIpc) is 3.03. The molecule has 0 fully saturated rings. The molecule has 0 spiro atoms. The maximum absolute atomic E-state index is 12.4. The molecule has 4 N–H and O–H groups in total. The molecule has 3 rings (SSSR count). The first-order chi connectivity index (χ1) is 13.8. The third-order valence-electron chi connectivity index (χ3n) is 4.42. The summed E-state index contributed by atoms with van der Waals surface area (Å²) in [4.78, 5) is 30.8. The first-order valence-electron chi connectivity index (χ1n) is 9.25. The van der Waals surface area contributed by atoms with Crippen LogP contribution in [0.3, 0.4) is 0 Å². The SMILES string of the molecule is Cc1ccc(OC[C@H](O)Cn2c(NC[C@@H](C)O)nc3c2c(=O)[nH]c(=O)n3C)cc1. The molecular formula is C19H25N5O5. The van der Waals surface area contributed by atoms with Crippen molar-refractivity contribution in [2.45, 2.75) is 32.6 Å². The minimum absolute atomic E-state index is 0.00223. The van der Waals surface area contributed by atoms with Gasteiger partial charge in [-0.05, 0) is 26.0 Å². The van der Waals surface area contributed by atoms with E-state index in [1.54, 1.807) is 6.92 Å². The van der Waals surface area contributed by atoms with Crippen molar-refractivity contribution >= 4 is 17.1 Å². The van der Waals surface area contributed by atoms with Crippen molar-refractivity contribution in [3.05, 3.63) is 50.7 Å². The second-order valence-electron chi connectivity index (χ2n) is 7.04. The van der Waals surface area contributed by atoms with Crippen LogP contribution in [0.5, 0.6) is 5.75 Å². The number of imidazole rings is 1. The van der Waals surface area contributed by atoms with Crippen molar-refractivity contribution in [2.75, 3.05) is 18.5 Å². The molecule has 0 aliphatic heterocycles. The van der Waals surface area contributed by atoms with Gasteiger partial charge in [-0.3, -0.25) is 14.3 Å². The standard InChI is InChI=1S/C19H25N5O5/c1-11-4-6-14(7-5-11)29-10-13(26)9-24-15-16(21-18(24)20-8-12(2)25)23(3)19(28)22-17(15)27/h4-7,12-13,25-26H,8-10H2,1-3H3,(H,20,21)(H,22,27,28)/t12-,13-/m1/s1. The van der Waals surface area contributed by atoms with Gasteiger partial charge < -0.3 is 24.8 Å². The number of H-pyrrole nitrogens is 1. The lowest BCUT2D eigenvalue weighted by atomic mass is 10.2. The van der Waals surface area contributed by atoms with Crippen LogP contribution in [0.1, 0.15) is 12.5 Å². The Balaban J connectivity index is 1.88. The van der Waals surface area contributed by atoms with Crippen LogP contribution in [0, 0.1) is 6.92 Å². The number of aryl methyl sites for hydroxylation is 2. The zero-order chi connectivity index (χ0) is 21.1. The highest BCUT2D eigenvalue weighted by Crippen LogP contribution is 2.17. The predicted molar refractivity (Wildman–Crippen MR) is 108 cm³/mol. The number of fused-ring (bicyclic) bond motifs is 1. The van der Waals surface area contributed by atoms with Gasteiger partial charge in [0.25, 0.3) is 5.56 Å². The number of aromatic amines is 1. The number of aliphatic hydroxyl groups excluding tert-OH is 2. The smallest absolute Gasteiger partial charge is 0.329 e. The number of nitrogens with zero attached hydrogens (tertiary/aromatic N) is 3. The summed E-state index contributed by atoms with van der Waals surface area (Å²) in [6.07, 6.45) is -1.60. The van der Waals surface area contributed by atoms with E-state index in [0.717, 1.165) is 5.56 Å². The quantitative estimate of drug-likeness (QED) is 0.415. The number of aromatic nitrogens is 4. The van der Waals surface area contributed by atoms with E-state index in [4.69, 9.17) is 4.74 Å². The molecule has 0 saturated heterocycles. The lowest BCUT2D eigenvalue weighted by Gasteiger charge is -2.16. The minimum Gasteiger partial charge on any atom is -0.491 e. The van der Waals surface area contributed by atoms with Gasteiger partial charge in [-0.2, -0.15) is 4.98 Å². The van der Waals surface area contributed by atoms with Gasteiger partial charge in [0.05, 0.1) is 12.6 Å². The monoisotopic (exact) mass is 403 g/mol. The Kier molecular flexibility index (Phi) is 6.04. The van der Waals surface area contributed by atoms with Gasteiger partial charge in [-0.1, -0.05) is 17.7 Å². The van der Waals surface area contributed by atoms with E-state index in [0.29, 0.717) is 5.75 Å². The van der Waals surface area contributed by atoms with Gasteiger partial charge in [0.15, 0.2) is 11.2 Å². The van der Waals surface area contributed by atoms with Gasteiger partial charge >= 0.3 is 5.69 Å². The summed E-state index contributed by atoms with van der Waals surface area (Å²) in [5.41, 5.74) is 0.236. The lowest BCUT2D eigenvalue weighted by Crippen LogP contribution is -2.31. The molecule has 0 radical (unpaired) electrons. The number of benzene rings is 1. The first-order valence-corrected chi connectivity index (χ1v) is 9.25. The Morgan fingerprint density at radius 1 is 1.24 bits per heavy atom. The second kappa shape index (κ2) is 8.50. The molecule has 2 atom stereocenters. The Bertz CT molecular complexity index is 1100. The van der Waals surface area contributed by atoms with Gasteiger partial charge in [0.1, 0.15) is 18.5 Å². The molecule has 156 valence electrons. The number of hydrogen-bond donors (Lipinski definition) is 4. The molecule has 2 aromatic heterocycles. The Morgan fingerprint density at radius 2 is 1.93 bits per heavy atom. The highest BCUT2D eigenvalue weighted by Gasteiger charge is 2.20. The van der Waals surface area contributed by atoms with Gasteiger partial charge in [0, 0.05) is 13.6 Å². The van der Waals surface area contributed by atoms with Crippen LogP contribution in [0.25, 0.3) is 11.2 Å². The van der Waals surface area contributed by atoms with Crippen LogP contribution >= 0.6 is 0 Å². The zero-order valence-electron chi connectivity index (χ0n) is 16.5. The Labute approximate surface area is 166 Å². The molecule has 3 aromatic rings. The highest BCUT2D eigenvalue weighted by molar-refractivity contribution is 5.74. The first kappa shape index (κ1) is 20.6. The number of ether oxygens (including phenoxy) is 1. The van der Waals surface area contributed by atoms with E-state index in [-0.39, 0.29) is 36.8 Å². The minimum atomic E-state index is -0.947. The number of aliphatic hydroxyl groups is 2. The Hall–Kier alpha value is -3.11. The lowest BCUT2D eigenvalue weighted by molar-refractivity contribution is 0.0938. The van der Waals surface area contributed by atoms with Crippen molar-refractivity contribution in [1.82, 2.24) is 19.1 Å². The molecular weight excluding hydrogens is 378 g/mol. The molecule has 2 heterocycles. The second-order valence-corrected chi connectivity index (χ2v) is 7.04. The van der Waals surface area contributed by atoms with Crippen LogP contribution in [0.2, 0.25) is 0 Å². The normalized spacial score (nSPS) is 13.4. The summed E-state index contributed by atoms with van der Waals surface area (Å²) in [6.45, 7) is 3.77. The summed E-state index contributed by atoms with van der Waals surface area (Å²) >= 11 is 0. The molecule has 0 bridgehead atoms. The summed E-state index contributed by atoms with van der Waals surface area (Å²) in [5.74, 6) is 0.889. The van der Waals surface area contributed by atoms with E-state index in [1.165, 1.54) is 16.2 Å². The predicted octanol–water partition coefficient (Wildman–Crippen LogP) is -0.0357. The summed E-state index contributed by atoms with van der Waals surface area (Å²) in [5, 5.41) is 23.0. The van der Waals surface area contributed by atoms with E-state index in [1.807, 2.05) is 31.2 Å². The summed E-state index contributed by atoms with van der Waals surface area (Å²) < 4.78 is 8.31. The van der Waals surface area contributed by atoms with Crippen LogP contribution < -0.4 is 21.3 Å². The van der Waals surface area contributed by atoms with Gasteiger partial charge in [-0.15, -0.1) is 0 Å². The molecule has 10 heteroatoms. The van der Waals surface area contributed by atoms with Crippen LogP contribution in [0.4, 0.5) is 5.95 Å². The van der Waals surface area contributed by atoms with Gasteiger partial charge in [-0.25, -0.2) is 4.79 Å². The molecule has 0 aliphatic carbocycles. The number of anilines is 1. The average molecular weight is 403 g/mol. The topological polar surface area (TPSA) is 134 Å². The van der Waals surface area contributed by atoms with Crippen molar-refractivity contribution in [3.63, 3.8) is 0 Å². The third-order valence-corrected chi connectivity index (χ3v) is 4.42. The molecule has 29 heavy (non-hydrogen) atoms. The Morgan fingerprint density at radius 3 is 2.59 bits per heavy atom. The maximum Gasteiger partial charge on any atom is 0.329 e. The maximum atomic E-state index is 12.4.